The Morgan fingerprint density at radius 2 is 2.00 bits per heavy atom. The molecular formula is C20H27N4O2PS. The fourth-order valence-electron chi connectivity index (χ4n) is 3.14. The Bertz CT molecular complexity index is 835. The van der Waals surface area contributed by atoms with Crippen molar-refractivity contribution in [3.63, 3.8) is 0 Å². The van der Waals surface area contributed by atoms with Crippen LogP contribution in [0, 0.1) is 0 Å². The second-order valence-corrected chi connectivity index (χ2v) is 8.22. The first-order chi connectivity index (χ1) is 13.5. The molecule has 3 heterocycles. The monoisotopic (exact) mass is 418 g/mol. The number of fused-ring (bicyclic) bond motifs is 1. The minimum Gasteiger partial charge on any atom is -0.381 e. The molecule has 2 aromatic rings. The number of hydrogen-bond donors (Lipinski definition) is 2. The van der Waals surface area contributed by atoms with Crippen LogP contribution in [0.2, 0.25) is 0 Å². The van der Waals surface area contributed by atoms with Crippen LogP contribution in [0.1, 0.15) is 34.5 Å². The molecule has 2 aliphatic rings. The largest absolute Gasteiger partial charge is 0.381 e. The molecule has 0 bridgehead atoms. The van der Waals surface area contributed by atoms with E-state index in [4.69, 9.17) is 4.74 Å². The summed E-state index contributed by atoms with van der Waals surface area (Å²) in [5, 5.41) is 3.28. The van der Waals surface area contributed by atoms with E-state index < -0.39 is 0 Å². The second kappa shape index (κ2) is 9.70. The normalized spacial score (nSPS) is 15.5. The van der Waals surface area contributed by atoms with E-state index in [1.807, 2.05) is 44.4 Å². The number of nitrogens with zero attached hydrogens (tertiary/aromatic N) is 3. The van der Waals surface area contributed by atoms with E-state index in [-0.39, 0.29) is 5.91 Å². The summed E-state index contributed by atoms with van der Waals surface area (Å²) in [6, 6.07) is 9.64. The van der Waals surface area contributed by atoms with E-state index in [1.165, 1.54) is 12.8 Å². The Morgan fingerprint density at radius 1 is 1.25 bits per heavy atom. The average Bonchev–Trinajstić information content (AvgIpc) is 3.31. The van der Waals surface area contributed by atoms with Crippen LogP contribution in [0.3, 0.4) is 0 Å². The molecule has 8 heteroatoms. The lowest BCUT2D eigenvalue weighted by Gasteiger charge is -2.13. The van der Waals surface area contributed by atoms with E-state index in [9.17, 15) is 4.79 Å². The van der Waals surface area contributed by atoms with Gasteiger partial charge in [0.05, 0.1) is 23.5 Å². The molecule has 0 aliphatic carbocycles. The van der Waals surface area contributed by atoms with E-state index >= 15 is 0 Å². The van der Waals surface area contributed by atoms with Crippen molar-refractivity contribution in [2.75, 3.05) is 32.6 Å². The van der Waals surface area contributed by atoms with Crippen molar-refractivity contribution in [3.8, 4) is 0 Å². The van der Waals surface area contributed by atoms with Gasteiger partial charge in [-0.2, -0.15) is 0 Å². The second-order valence-electron chi connectivity index (χ2n) is 7.12. The molecule has 1 amide bonds. The number of ether oxygens (including phenoxy) is 1. The molecule has 0 radical (unpaired) electrons. The highest BCUT2D eigenvalue weighted by molar-refractivity contribution is 7.80. The number of benzene rings is 1. The topological polar surface area (TPSA) is 57.7 Å². The number of aromatic nitrogens is 1. The number of anilines is 2. The Hall–Kier alpha value is -1.66. The minimum absolute atomic E-state index is 0.0205. The molecule has 1 aromatic carbocycles. The average molecular weight is 419 g/mol. The van der Waals surface area contributed by atoms with Crippen molar-refractivity contribution in [2.24, 2.45) is 0 Å². The van der Waals surface area contributed by atoms with Gasteiger partial charge in [-0.15, -0.1) is 12.6 Å². The van der Waals surface area contributed by atoms with Crippen LogP contribution >= 0.6 is 22.0 Å². The fraction of sp³-hybridized carbons (Fsp3) is 0.400. The number of thiol groups is 1. The SMILES string of the molecule is C1CCOC1.CN(C)Cc1cccc(Nc2ccc(S)c3c2C(=O)N(P)C3)n1. The zero-order valence-corrected chi connectivity index (χ0v) is 18.4. The third-order valence-corrected chi connectivity index (χ3v) is 5.30. The molecule has 1 atom stereocenters. The van der Waals surface area contributed by atoms with Crippen molar-refractivity contribution in [2.45, 2.75) is 30.8 Å². The van der Waals surface area contributed by atoms with Crippen molar-refractivity contribution in [3.05, 3.63) is 47.2 Å². The molecule has 28 heavy (non-hydrogen) atoms. The summed E-state index contributed by atoms with van der Waals surface area (Å²) in [4.78, 5) is 19.9. The van der Waals surface area contributed by atoms with Gasteiger partial charge in [-0.3, -0.25) is 4.79 Å². The van der Waals surface area contributed by atoms with Crippen LogP contribution in [-0.2, 0) is 17.8 Å². The van der Waals surface area contributed by atoms with Gasteiger partial charge in [0.2, 0.25) is 0 Å². The van der Waals surface area contributed by atoms with E-state index in [0.717, 1.165) is 47.4 Å². The zero-order valence-electron chi connectivity index (χ0n) is 16.3. The van der Waals surface area contributed by atoms with Gasteiger partial charge in [0, 0.05) is 24.7 Å². The van der Waals surface area contributed by atoms with Crippen molar-refractivity contribution < 1.29 is 9.53 Å². The van der Waals surface area contributed by atoms with Crippen molar-refractivity contribution >= 4 is 39.4 Å². The molecular weight excluding hydrogens is 391 g/mol. The summed E-state index contributed by atoms with van der Waals surface area (Å²) >= 11 is 4.46. The van der Waals surface area contributed by atoms with Gasteiger partial charge in [0.25, 0.3) is 5.91 Å². The molecule has 0 spiro atoms. The summed E-state index contributed by atoms with van der Waals surface area (Å²) < 4.78 is 6.56. The van der Waals surface area contributed by atoms with Crippen molar-refractivity contribution in [1.29, 1.82) is 0 Å². The van der Waals surface area contributed by atoms with E-state index in [1.54, 1.807) is 4.67 Å². The van der Waals surface area contributed by atoms with Gasteiger partial charge < -0.3 is 19.6 Å². The minimum atomic E-state index is -0.0205. The summed E-state index contributed by atoms with van der Waals surface area (Å²) in [6.07, 6.45) is 2.56. The molecule has 4 rings (SSSR count). The van der Waals surface area contributed by atoms with Gasteiger partial charge in [-0.1, -0.05) is 6.07 Å². The number of hydrogen-bond acceptors (Lipinski definition) is 6. The predicted octanol–water partition coefficient (Wildman–Crippen LogP) is 3.72. The smallest absolute Gasteiger partial charge is 0.259 e. The van der Waals surface area contributed by atoms with Crippen LogP contribution in [0.5, 0.6) is 0 Å². The first-order valence-electron chi connectivity index (χ1n) is 9.32. The standard InChI is InChI=1S/C16H19N4OPS.C4H8O/c1-19(2)8-10-4-3-5-14(17-10)18-12-6-7-13(23)11-9-20(22)16(21)15(11)12;1-2-4-5-3-1/h3-7,23H,8-9,22H2,1-2H3,(H,17,18);1-4H2. The number of pyridine rings is 1. The molecule has 1 unspecified atom stereocenters. The van der Waals surface area contributed by atoms with Gasteiger partial charge in [-0.25, -0.2) is 4.98 Å². The fourth-order valence-corrected chi connectivity index (χ4v) is 3.71. The lowest BCUT2D eigenvalue weighted by atomic mass is 10.1. The molecule has 1 N–H and O–H groups in total. The quantitative estimate of drug-likeness (QED) is 0.586. The van der Waals surface area contributed by atoms with Crippen LogP contribution in [-0.4, -0.2) is 47.8 Å². The maximum Gasteiger partial charge on any atom is 0.259 e. The van der Waals surface area contributed by atoms with E-state index in [0.29, 0.717) is 12.1 Å². The number of amides is 1. The highest BCUT2D eigenvalue weighted by Crippen LogP contribution is 2.36. The first kappa shape index (κ1) is 21.1. The maximum absolute atomic E-state index is 12.4. The molecule has 0 saturated carbocycles. The number of nitrogens with one attached hydrogen (secondary N) is 1. The molecule has 1 fully saturated rings. The number of rotatable bonds is 4. The van der Waals surface area contributed by atoms with Crippen LogP contribution in [0.4, 0.5) is 11.5 Å². The van der Waals surface area contributed by atoms with Gasteiger partial charge in [0.15, 0.2) is 0 Å². The van der Waals surface area contributed by atoms with Crippen LogP contribution in [0.25, 0.3) is 0 Å². The Morgan fingerprint density at radius 3 is 2.64 bits per heavy atom. The summed E-state index contributed by atoms with van der Waals surface area (Å²) in [5.41, 5.74) is 3.36. The Labute approximate surface area is 174 Å². The Kier molecular flexibility index (Phi) is 7.30. The third kappa shape index (κ3) is 5.23. The number of carbonyl (C=O) groups excluding carboxylic acids is 1. The summed E-state index contributed by atoms with van der Waals surface area (Å²) in [7, 11) is 6.47. The van der Waals surface area contributed by atoms with Gasteiger partial charge >= 0.3 is 0 Å². The number of carbonyl (C=O) groups is 1. The summed E-state index contributed by atoms with van der Waals surface area (Å²) in [6.45, 7) is 3.32. The molecule has 6 nitrogen and oxygen atoms in total. The molecule has 1 aromatic heterocycles. The predicted molar refractivity (Wildman–Crippen MR) is 118 cm³/mol. The van der Waals surface area contributed by atoms with E-state index in [2.05, 4.69) is 37.2 Å². The molecule has 1 saturated heterocycles. The summed E-state index contributed by atoms with van der Waals surface area (Å²) in [5.74, 6) is 0.710. The first-order valence-corrected chi connectivity index (χ1v) is 10.3. The van der Waals surface area contributed by atoms with Crippen LogP contribution < -0.4 is 5.32 Å². The lowest BCUT2D eigenvalue weighted by molar-refractivity contribution is 0.0889. The zero-order chi connectivity index (χ0) is 20.1. The maximum atomic E-state index is 12.4. The van der Waals surface area contributed by atoms with Crippen LogP contribution in [0.15, 0.2) is 35.2 Å². The molecule has 2 aliphatic heterocycles. The highest BCUT2D eigenvalue weighted by Gasteiger charge is 2.29. The molecule has 150 valence electrons. The lowest BCUT2D eigenvalue weighted by Crippen LogP contribution is -2.13. The van der Waals surface area contributed by atoms with Gasteiger partial charge in [-0.05, 0) is 66.2 Å². The Balaban J connectivity index is 0.000000391. The highest BCUT2D eigenvalue weighted by atomic mass is 32.1. The third-order valence-electron chi connectivity index (χ3n) is 4.47. The van der Waals surface area contributed by atoms with Gasteiger partial charge in [0.1, 0.15) is 5.82 Å². The van der Waals surface area contributed by atoms with Crippen molar-refractivity contribution in [1.82, 2.24) is 14.6 Å².